The van der Waals surface area contributed by atoms with Gasteiger partial charge in [0.25, 0.3) is 23.6 Å². The molecule has 9 nitrogen and oxygen atoms in total. The van der Waals surface area contributed by atoms with Crippen LogP contribution in [0.15, 0.2) is 103 Å². The van der Waals surface area contributed by atoms with Crippen LogP contribution in [-0.4, -0.2) is 23.6 Å². The van der Waals surface area contributed by atoms with Crippen LogP contribution in [0.4, 0.5) is 11.4 Å². The molecule has 2 aliphatic rings. The van der Waals surface area contributed by atoms with Crippen LogP contribution in [-0.2, 0) is 23.7 Å². The number of rotatable bonds is 7. The molecule has 5 rings (SSSR count). The minimum absolute atomic E-state index is 0.189. The molecule has 0 aromatic heterocycles. The van der Waals surface area contributed by atoms with Crippen LogP contribution in [0.1, 0.15) is 0 Å². The number of hydrogen-bond donors (Lipinski definition) is 0. The Morgan fingerprint density at radius 2 is 0.861 bits per heavy atom. The van der Waals surface area contributed by atoms with E-state index in [1.807, 2.05) is 0 Å². The lowest BCUT2D eigenvalue weighted by Gasteiger charge is -2.21. The van der Waals surface area contributed by atoms with Crippen molar-refractivity contribution in [3.05, 3.63) is 103 Å². The van der Waals surface area contributed by atoms with Crippen molar-refractivity contribution in [2.45, 2.75) is 0 Å². The normalized spacial score (nSPS) is 15.2. The molecule has 0 aliphatic carbocycles. The van der Waals surface area contributed by atoms with E-state index < -0.39 is 31.2 Å². The molecule has 36 heavy (non-hydrogen) atoms. The molecule has 0 unspecified atom stereocenters. The maximum absolute atomic E-state index is 13.9. The molecule has 178 valence electrons. The van der Waals surface area contributed by atoms with E-state index in [-0.39, 0.29) is 11.5 Å². The van der Waals surface area contributed by atoms with Crippen LogP contribution >= 0.6 is 7.60 Å². The summed E-state index contributed by atoms with van der Waals surface area (Å²) in [6, 6.07) is 20.3. The van der Waals surface area contributed by atoms with Crippen LogP contribution in [0.3, 0.4) is 0 Å². The fourth-order valence-electron chi connectivity index (χ4n) is 3.63. The highest BCUT2D eigenvalue weighted by Gasteiger charge is 2.32. The summed E-state index contributed by atoms with van der Waals surface area (Å²) >= 11 is 0. The van der Waals surface area contributed by atoms with Gasteiger partial charge < -0.3 is 9.05 Å². The average molecular weight is 500 g/mol. The Morgan fingerprint density at radius 3 is 1.22 bits per heavy atom. The molecule has 0 fully saturated rings. The molecule has 0 N–H and O–H groups in total. The fourth-order valence-corrected chi connectivity index (χ4v) is 5.22. The summed E-state index contributed by atoms with van der Waals surface area (Å²) in [5.74, 6) is -1.44. The number of benzene rings is 3. The van der Waals surface area contributed by atoms with E-state index in [4.69, 9.17) is 9.05 Å². The minimum Gasteiger partial charge on any atom is -0.413 e. The van der Waals surface area contributed by atoms with Gasteiger partial charge in [-0.15, -0.1) is 0 Å². The van der Waals surface area contributed by atoms with Gasteiger partial charge in [-0.05, 0) is 60.7 Å². The number of amides is 4. The highest BCUT2D eigenvalue weighted by atomic mass is 31.2. The molecular formula is C26H17N2O7P. The lowest BCUT2D eigenvalue weighted by molar-refractivity contribution is -0.121. The van der Waals surface area contributed by atoms with Crippen molar-refractivity contribution in [1.82, 2.24) is 0 Å². The van der Waals surface area contributed by atoms with E-state index >= 15 is 0 Å². The van der Waals surface area contributed by atoms with Gasteiger partial charge in [0.2, 0.25) is 0 Å². The van der Waals surface area contributed by atoms with Gasteiger partial charge in [0.1, 0.15) is 11.5 Å². The molecular weight excluding hydrogens is 483 g/mol. The molecule has 0 radical (unpaired) electrons. The summed E-state index contributed by atoms with van der Waals surface area (Å²) < 4.78 is 25.6. The Bertz CT molecular complexity index is 1350. The maximum Gasteiger partial charge on any atom is 0.462 e. The Kier molecular flexibility index (Phi) is 5.83. The zero-order valence-electron chi connectivity index (χ0n) is 18.5. The van der Waals surface area contributed by atoms with Gasteiger partial charge in [-0.25, -0.2) is 14.4 Å². The number of nitrogens with zero attached hydrogens (tertiary/aromatic N) is 2. The van der Waals surface area contributed by atoms with Crippen LogP contribution in [0.25, 0.3) is 0 Å². The quantitative estimate of drug-likeness (QED) is 0.361. The smallest absolute Gasteiger partial charge is 0.413 e. The molecule has 0 atom stereocenters. The summed E-state index contributed by atoms with van der Waals surface area (Å²) in [5.41, 5.74) is 0.683. The standard InChI is InChI=1S/C26H17N2O7P/c29-23-14-15-24(30)27(23)18-6-10-20(11-7-18)34-36(33,22-4-2-1-3-5-22)35-21-12-8-19(9-13-21)28-25(31)16-17-26(28)32/h1-17H. The summed E-state index contributed by atoms with van der Waals surface area (Å²) in [6.45, 7) is 0. The third kappa shape index (κ3) is 4.35. The van der Waals surface area contributed by atoms with Crippen LogP contribution < -0.4 is 24.2 Å². The summed E-state index contributed by atoms with van der Waals surface area (Å²) in [6.07, 6.45) is 4.73. The highest BCUT2D eigenvalue weighted by Crippen LogP contribution is 2.48. The third-order valence-electron chi connectivity index (χ3n) is 5.33. The number of carbonyl (C=O) groups excluding carboxylic acids is 4. The van der Waals surface area contributed by atoms with Gasteiger partial charge in [-0.2, -0.15) is 0 Å². The van der Waals surface area contributed by atoms with Gasteiger partial charge >= 0.3 is 7.60 Å². The molecule has 0 spiro atoms. The Balaban J connectivity index is 1.40. The molecule has 0 bridgehead atoms. The van der Waals surface area contributed by atoms with Gasteiger partial charge in [0, 0.05) is 24.3 Å². The lowest BCUT2D eigenvalue weighted by Crippen LogP contribution is -2.29. The second-order valence-corrected chi connectivity index (χ2v) is 9.57. The molecule has 4 amide bonds. The van der Waals surface area contributed by atoms with Crippen molar-refractivity contribution >= 4 is 47.9 Å². The molecule has 10 heteroatoms. The molecule has 3 aromatic carbocycles. The average Bonchev–Trinajstić information content (AvgIpc) is 3.40. The first-order valence-corrected chi connectivity index (χ1v) is 12.3. The van der Waals surface area contributed by atoms with Crippen LogP contribution in [0.2, 0.25) is 0 Å². The minimum atomic E-state index is -3.96. The molecule has 2 heterocycles. The predicted octanol–water partition coefficient (Wildman–Crippen LogP) is 3.52. The van der Waals surface area contributed by atoms with Gasteiger partial charge in [0.05, 0.1) is 16.7 Å². The Labute approximate surface area is 205 Å². The molecule has 0 saturated carbocycles. The van der Waals surface area contributed by atoms with Crippen LogP contribution in [0, 0.1) is 0 Å². The SMILES string of the molecule is O=C1C=CC(=O)N1c1ccc(OP(=O)(Oc2ccc(N3C(=O)C=CC3=O)cc2)c2ccccc2)cc1. The Hall–Kier alpha value is -4.75. The van der Waals surface area contributed by atoms with Crippen molar-refractivity contribution < 1.29 is 32.8 Å². The fraction of sp³-hybridized carbons (Fsp3) is 0. The van der Waals surface area contributed by atoms with E-state index in [1.54, 1.807) is 30.3 Å². The monoisotopic (exact) mass is 500 g/mol. The van der Waals surface area contributed by atoms with E-state index in [0.29, 0.717) is 16.7 Å². The van der Waals surface area contributed by atoms with Crippen molar-refractivity contribution in [2.75, 3.05) is 9.80 Å². The zero-order chi connectivity index (χ0) is 25.3. The topological polar surface area (TPSA) is 110 Å². The molecule has 2 aliphatic heterocycles. The number of anilines is 2. The van der Waals surface area contributed by atoms with E-state index in [2.05, 4.69) is 0 Å². The van der Waals surface area contributed by atoms with Gasteiger partial charge in [-0.3, -0.25) is 19.2 Å². The first-order chi connectivity index (χ1) is 17.3. The first kappa shape index (κ1) is 23.0. The first-order valence-electron chi connectivity index (χ1n) is 10.7. The largest absolute Gasteiger partial charge is 0.462 e. The van der Waals surface area contributed by atoms with Gasteiger partial charge in [-0.1, -0.05) is 18.2 Å². The second kappa shape index (κ2) is 9.13. The molecule has 3 aromatic rings. The second-order valence-electron chi connectivity index (χ2n) is 7.69. The van der Waals surface area contributed by atoms with E-state index in [9.17, 15) is 23.7 Å². The summed E-state index contributed by atoms with van der Waals surface area (Å²) in [4.78, 5) is 49.6. The van der Waals surface area contributed by atoms with Crippen molar-refractivity contribution in [3.63, 3.8) is 0 Å². The summed E-state index contributed by atoms with van der Waals surface area (Å²) in [7, 11) is -3.96. The predicted molar refractivity (Wildman–Crippen MR) is 131 cm³/mol. The highest BCUT2D eigenvalue weighted by molar-refractivity contribution is 7.63. The van der Waals surface area contributed by atoms with E-state index in [0.717, 1.165) is 9.80 Å². The van der Waals surface area contributed by atoms with Crippen LogP contribution in [0.5, 0.6) is 11.5 Å². The zero-order valence-corrected chi connectivity index (χ0v) is 19.4. The number of carbonyl (C=O) groups is 4. The van der Waals surface area contributed by atoms with Gasteiger partial charge in [0.15, 0.2) is 0 Å². The number of hydrogen-bond acceptors (Lipinski definition) is 7. The lowest BCUT2D eigenvalue weighted by atomic mass is 10.3. The Morgan fingerprint density at radius 1 is 0.500 bits per heavy atom. The van der Waals surface area contributed by atoms with Crippen molar-refractivity contribution in [3.8, 4) is 11.5 Å². The summed E-state index contributed by atoms with van der Waals surface area (Å²) in [5, 5.41) is 0.293. The maximum atomic E-state index is 13.9. The van der Waals surface area contributed by atoms with Crippen molar-refractivity contribution in [1.29, 1.82) is 0 Å². The van der Waals surface area contributed by atoms with Crippen molar-refractivity contribution in [2.24, 2.45) is 0 Å². The third-order valence-corrected chi connectivity index (χ3v) is 7.16. The number of imide groups is 2. The molecule has 0 saturated heterocycles. The van der Waals surface area contributed by atoms with E-state index in [1.165, 1.54) is 72.8 Å².